The molecule has 0 aromatic heterocycles. The number of hydrogen-bond acceptors (Lipinski definition) is 8. The molecule has 0 spiro atoms. The van der Waals surface area contributed by atoms with Gasteiger partial charge < -0.3 is 9.47 Å². The Labute approximate surface area is 279 Å². The van der Waals surface area contributed by atoms with Crippen molar-refractivity contribution in [2.45, 2.75) is 0 Å². The number of ketones is 2. The fraction of sp³-hybridized carbons (Fsp3) is 0.0500. The van der Waals surface area contributed by atoms with Gasteiger partial charge in [0.1, 0.15) is 0 Å². The van der Waals surface area contributed by atoms with Crippen LogP contribution in [0.5, 0.6) is 0 Å². The lowest BCUT2D eigenvalue weighted by Gasteiger charge is -2.17. The van der Waals surface area contributed by atoms with Crippen molar-refractivity contribution in [3.63, 3.8) is 0 Å². The molecule has 0 atom stereocenters. The highest BCUT2D eigenvalue weighted by molar-refractivity contribution is 6.35. The second-order valence-corrected chi connectivity index (χ2v) is 11.3. The summed E-state index contributed by atoms with van der Waals surface area (Å²) in [5.74, 6) is -4.05. The number of para-hydroxylation sites is 1. The Balaban J connectivity index is 1.06. The molecule has 0 aliphatic carbocycles. The predicted molar refractivity (Wildman–Crippen MR) is 181 cm³/mol. The van der Waals surface area contributed by atoms with Crippen LogP contribution in [0, 0.1) is 0 Å². The molecule has 49 heavy (non-hydrogen) atoms. The predicted octanol–water partition coefficient (Wildman–Crippen LogP) is 6.87. The molecule has 7 rings (SSSR count). The van der Waals surface area contributed by atoms with Crippen LogP contribution < -0.4 is 4.90 Å². The molecule has 1 aliphatic heterocycles. The average molecular weight is 648 g/mol. The van der Waals surface area contributed by atoms with Gasteiger partial charge in [-0.05, 0) is 51.9 Å². The van der Waals surface area contributed by atoms with Crippen molar-refractivity contribution >= 4 is 62.6 Å². The SMILES string of the molecule is O=C(OCC(=O)c1cccc2ccccc12)c1ccc2c(c1)C(=O)N(c1ccccc1C(=O)OCC(=O)c1cccc3ccccc13)C2=O. The summed E-state index contributed by atoms with van der Waals surface area (Å²) in [7, 11) is 0. The van der Waals surface area contributed by atoms with E-state index in [1.54, 1.807) is 42.5 Å². The number of Topliss-reactive ketones (excluding diaryl/α,β-unsaturated/α-hetero) is 2. The molecule has 0 saturated heterocycles. The quantitative estimate of drug-likeness (QED) is 0.0946. The standard InChI is InChI=1S/C40H25NO8/c42-35(29-16-7-11-24-9-1-3-13-27(24)29)22-48-39(46)26-19-20-31-33(21-26)38(45)41(37(31)44)34-18-6-5-15-32(34)40(47)49-23-36(43)30-17-8-12-25-10-2-4-14-28(25)30/h1-21H,22-23H2. The number of rotatable bonds is 9. The Morgan fingerprint density at radius 1 is 0.490 bits per heavy atom. The summed E-state index contributed by atoms with van der Waals surface area (Å²) >= 11 is 0. The van der Waals surface area contributed by atoms with Gasteiger partial charge in [0, 0.05) is 11.1 Å². The summed E-state index contributed by atoms with van der Waals surface area (Å²) in [6.07, 6.45) is 0. The maximum atomic E-state index is 13.6. The van der Waals surface area contributed by atoms with Crippen LogP contribution in [-0.4, -0.2) is 48.5 Å². The highest BCUT2D eigenvalue weighted by Gasteiger charge is 2.39. The van der Waals surface area contributed by atoms with Gasteiger partial charge in [-0.15, -0.1) is 0 Å². The second kappa shape index (κ2) is 12.8. The number of ether oxygens (including phenoxy) is 2. The van der Waals surface area contributed by atoms with E-state index in [0.29, 0.717) is 11.1 Å². The molecule has 0 fully saturated rings. The Morgan fingerprint density at radius 3 is 1.61 bits per heavy atom. The molecule has 9 heteroatoms. The summed E-state index contributed by atoms with van der Waals surface area (Å²) in [5.41, 5.74) is 0.567. The molecule has 1 heterocycles. The van der Waals surface area contributed by atoms with Gasteiger partial charge in [-0.25, -0.2) is 14.5 Å². The minimum Gasteiger partial charge on any atom is -0.454 e. The smallest absolute Gasteiger partial charge is 0.340 e. The molecule has 0 N–H and O–H groups in total. The van der Waals surface area contributed by atoms with Gasteiger partial charge in [-0.2, -0.15) is 0 Å². The van der Waals surface area contributed by atoms with Crippen LogP contribution in [-0.2, 0) is 9.47 Å². The molecule has 0 unspecified atom stereocenters. The van der Waals surface area contributed by atoms with Crippen LogP contribution in [0.3, 0.4) is 0 Å². The Morgan fingerprint density at radius 2 is 0.980 bits per heavy atom. The van der Waals surface area contributed by atoms with Crippen molar-refractivity contribution in [1.82, 2.24) is 0 Å². The van der Waals surface area contributed by atoms with Gasteiger partial charge >= 0.3 is 11.9 Å². The molecule has 2 amide bonds. The van der Waals surface area contributed by atoms with E-state index in [-0.39, 0.29) is 27.9 Å². The van der Waals surface area contributed by atoms with Crippen LogP contribution in [0.15, 0.2) is 127 Å². The zero-order valence-electron chi connectivity index (χ0n) is 25.8. The highest BCUT2D eigenvalue weighted by Crippen LogP contribution is 2.32. The largest absolute Gasteiger partial charge is 0.454 e. The Hall–Kier alpha value is -6.74. The van der Waals surface area contributed by atoms with E-state index in [1.165, 1.54) is 30.3 Å². The van der Waals surface area contributed by atoms with E-state index in [1.807, 2.05) is 54.6 Å². The van der Waals surface area contributed by atoms with Crippen molar-refractivity contribution in [2.75, 3.05) is 18.1 Å². The number of carbonyl (C=O) groups is 6. The van der Waals surface area contributed by atoms with Crippen molar-refractivity contribution in [1.29, 1.82) is 0 Å². The number of benzene rings is 6. The van der Waals surface area contributed by atoms with Crippen LogP contribution in [0.4, 0.5) is 5.69 Å². The van der Waals surface area contributed by atoms with Crippen LogP contribution >= 0.6 is 0 Å². The Kier molecular flexibility index (Phi) is 8.07. The zero-order chi connectivity index (χ0) is 34.1. The highest BCUT2D eigenvalue weighted by atomic mass is 16.5. The van der Waals surface area contributed by atoms with Crippen LogP contribution in [0.25, 0.3) is 21.5 Å². The molecule has 6 aromatic carbocycles. The van der Waals surface area contributed by atoms with E-state index in [4.69, 9.17) is 9.47 Å². The lowest BCUT2D eigenvalue weighted by atomic mass is 10.0. The average Bonchev–Trinajstić information content (AvgIpc) is 3.39. The number of imide groups is 1. The number of fused-ring (bicyclic) bond motifs is 3. The van der Waals surface area contributed by atoms with Crippen LogP contribution in [0.2, 0.25) is 0 Å². The summed E-state index contributed by atoms with van der Waals surface area (Å²) in [4.78, 5) is 80.0. The first kappa shape index (κ1) is 30.9. The van der Waals surface area contributed by atoms with Crippen LogP contribution in [0.1, 0.15) is 62.1 Å². The van der Waals surface area contributed by atoms with Crippen molar-refractivity contribution in [3.8, 4) is 0 Å². The first-order valence-corrected chi connectivity index (χ1v) is 15.3. The maximum absolute atomic E-state index is 13.6. The molecule has 1 aliphatic rings. The molecule has 0 saturated carbocycles. The normalized spacial score (nSPS) is 12.2. The van der Waals surface area contributed by atoms with Crippen molar-refractivity contribution in [3.05, 3.63) is 161 Å². The molecular weight excluding hydrogens is 622 g/mol. The lowest BCUT2D eigenvalue weighted by molar-refractivity contribution is 0.0472. The summed E-state index contributed by atoms with van der Waals surface area (Å²) in [5, 5.41) is 3.18. The van der Waals surface area contributed by atoms with Gasteiger partial charge in [-0.3, -0.25) is 19.2 Å². The number of hydrogen-bond donors (Lipinski definition) is 0. The molecule has 9 nitrogen and oxygen atoms in total. The third-order valence-electron chi connectivity index (χ3n) is 8.34. The molecule has 0 radical (unpaired) electrons. The van der Waals surface area contributed by atoms with Gasteiger partial charge in [0.15, 0.2) is 13.2 Å². The third-order valence-corrected chi connectivity index (χ3v) is 8.34. The fourth-order valence-electron chi connectivity index (χ4n) is 5.94. The van der Waals surface area contributed by atoms with Gasteiger partial charge in [-0.1, -0.05) is 97.1 Å². The zero-order valence-corrected chi connectivity index (χ0v) is 25.8. The van der Waals surface area contributed by atoms with Gasteiger partial charge in [0.05, 0.1) is 27.9 Å². The van der Waals surface area contributed by atoms with E-state index in [0.717, 1.165) is 26.4 Å². The summed E-state index contributed by atoms with van der Waals surface area (Å²) < 4.78 is 10.7. The number of anilines is 1. The maximum Gasteiger partial charge on any atom is 0.340 e. The number of nitrogens with zero attached hydrogens (tertiary/aromatic N) is 1. The van der Waals surface area contributed by atoms with E-state index in [9.17, 15) is 28.8 Å². The van der Waals surface area contributed by atoms with Crippen molar-refractivity contribution in [2.24, 2.45) is 0 Å². The number of esters is 2. The fourth-order valence-corrected chi connectivity index (χ4v) is 5.94. The number of carbonyl (C=O) groups excluding carboxylic acids is 6. The van der Waals surface area contributed by atoms with Gasteiger partial charge in [0.2, 0.25) is 11.6 Å². The van der Waals surface area contributed by atoms with E-state index in [2.05, 4.69) is 0 Å². The van der Waals surface area contributed by atoms with Crippen molar-refractivity contribution < 1.29 is 38.2 Å². The third kappa shape index (κ3) is 5.74. The summed E-state index contributed by atoms with van der Waals surface area (Å²) in [6, 6.07) is 35.0. The minimum absolute atomic E-state index is 0.0164. The van der Waals surface area contributed by atoms with E-state index < -0.39 is 48.5 Å². The number of amides is 2. The first-order chi connectivity index (χ1) is 23.8. The van der Waals surface area contributed by atoms with Gasteiger partial charge in [0.25, 0.3) is 11.8 Å². The lowest BCUT2D eigenvalue weighted by Crippen LogP contribution is -2.31. The Bertz CT molecular complexity index is 2370. The first-order valence-electron chi connectivity index (χ1n) is 15.3. The second-order valence-electron chi connectivity index (χ2n) is 11.3. The molecule has 238 valence electrons. The topological polar surface area (TPSA) is 124 Å². The molecule has 0 bridgehead atoms. The molecular formula is C40H25NO8. The molecule has 6 aromatic rings. The summed E-state index contributed by atoms with van der Waals surface area (Å²) in [6.45, 7) is -1.08. The minimum atomic E-state index is -0.902. The monoisotopic (exact) mass is 647 g/mol. The van der Waals surface area contributed by atoms with E-state index >= 15 is 0 Å².